The summed E-state index contributed by atoms with van der Waals surface area (Å²) in [4.78, 5) is 13.8. The van der Waals surface area contributed by atoms with E-state index in [1.54, 1.807) is 6.07 Å². The Hall–Kier alpha value is -1.41. The molecule has 50 valence electrons. The average Bonchev–Trinajstić information content (AvgIpc) is 2.34. The number of carbonyl (C=O) groups is 1. The monoisotopic (exact) mass is 154 g/mol. The molecule has 0 radical (unpaired) electrons. The summed E-state index contributed by atoms with van der Waals surface area (Å²) in [5.41, 5.74) is 0. The quantitative estimate of drug-likeness (QED) is 0.646. The lowest BCUT2D eigenvalue weighted by atomic mass is 10.6. The van der Waals surface area contributed by atoms with E-state index in [9.17, 15) is 4.79 Å². The molecule has 0 saturated carbocycles. The molecular formula is C5H2N2O2S. The van der Waals surface area contributed by atoms with Crippen LogP contribution in [0.3, 0.4) is 0 Å². The van der Waals surface area contributed by atoms with Gasteiger partial charge < -0.3 is 5.11 Å². The lowest BCUT2D eigenvalue weighted by molar-refractivity contribution is 0.0702. The third-order valence-corrected chi connectivity index (χ3v) is 1.70. The molecule has 1 aromatic rings. The molecule has 0 aliphatic carbocycles. The van der Waals surface area contributed by atoms with Crippen LogP contribution in [0.1, 0.15) is 14.7 Å². The second-order valence-electron chi connectivity index (χ2n) is 1.45. The van der Waals surface area contributed by atoms with Crippen molar-refractivity contribution in [2.45, 2.75) is 0 Å². The van der Waals surface area contributed by atoms with Gasteiger partial charge in [-0.3, -0.25) is 0 Å². The van der Waals surface area contributed by atoms with Gasteiger partial charge in [0.1, 0.15) is 10.9 Å². The fourth-order valence-electron chi connectivity index (χ4n) is 0.425. The Morgan fingerprint density at radius 2 is 2.60 bits per heavy atom. The molecule has 1 heterocycles. The van der Waals surface area contributed by atoms with Crippen molar-refractivity contribution >= 4 is 17.3 Å². The molecule has 0 saturated heterocycles. The highest BCUT2D eigenvalue weighted by Crippen LogP contribution is 2.10. The maximum Gasteiger partial charge on any atom is 0.347 e. The molecule has 0 amide bonds. The van der Waals surface area contributed by atoms with E-state index in [-0.39, 0.29) is 9.88 Å². The Kier molecular flexibility index (Phi) is 1.65. The topological polar surface area (TPSA) is 74.0 Å². The highest BCUT2D eigenvalue weighted by molar-refractivity contribution is 7.14. The minimum absolute atomic E-state index is 0.0940. The predicted molar refractivity (Wildman–Crippen MR) is 33.8 cm³/mol. The van der Waals surface area contributed by atoms with E-state index in [0.717, 1.165) is 11.3 Å². The second kappa shape index (κ2) is 2.45. The molecule has 0 fully saturated rings. The summed E-state index contributed by atoms with van der Waals surface area (Å²) in [6, 6.07) is 1.75. The van der Waals surface area contributed by atoms with Gasteiger partial charge in [0.2, 0.25) is 0 Å². The van der Waals surface area contributed by atoms with Crippen LogP contribution in [0.2, 0.25) is 0 Å². The minimum Gasteiger partial charge on any atom is -0.477 e. The molecule has 0 aromatic carbocycles. The van der Waals surface area contributed by atoms with E-state index in [4.69, 9.17) is 10.4 Å². The molecule has 5 heteroatoms. The molecule has 1 aromatic heterocycles. The van der Waals surface area contributed by atoms with Crippen LogP contribution in [0.5, 0.6) is 0 Å². The van der Waals surface area contributed by atoms with E-state index < -0.39 is 5.97 Å². The Labute approximate surface area is 60.4 Å². The molecule has 1 N–H and O–H groups in total. The summed E-state index contributed by atoms with van der Waals surface area (Å²) in [5.74, 6) is -1.04. The number of aromatic nitrogens is 1. The van der Waals surface area contributed by atoms with Gasteiger partial charge in [0.15, 0.2) is 5.01 Å². The maximum atomic E-state index is 10.2. The van der Waals surface area contributed by atoms with Gasteiger partial charge in [-0.25, -0.2) is 9.78 Å². The van der Waals surface area contributed by atoms with E-state index in [1.165, 1.54) is 6.20 Å². The molecular weight excluding hydrogens is 152 g/mol. The summed E-state index contributed by atoms with van der Waals surface area (Å²) < 4.78 is 0. The van der Waals surface area contributed by atoms with Crippen LogP contribution >= 0.6 is 11.3 Å². The minimum atomic E-state index is -1.04. The average molecular weight is 154 g/mol. The number of hydrogen-bond acceptors (Lipinski definition) is 4. The normalized spacial score (nSPS) is 8.70. The Balaban J connectivity index is 3.02. The van der Waals surface area contributed by atoms with Crippen LogP contribution in [0.15, 0.2) is 6.20 Å². The molecule has 0 spiro atoms. The number of nitrogens with zero attached hydrogens (tertiary/aromatic N) is 2. The number of nitriles is 1. The van der Waals surface area contributed by atoms with Crippen molar-refractivity contribution in [2.24, 2.45) is 0 Å². The zero-order valence-electron chi connectivity index (χ0n) is 4.74. The van der Waals surface area contributed by atoms with Gasteiger partial charge >= 0.3 is 5.97 Å². The van der Waals surface area contributed by atoms with Crippen LogP contribution in [0.25, 0.3) is 0 Å². The fourth-order valence-corrected chi connectivity index (χ4v) is 0.977. The number of thiazole rings is 1. The predicted octanol–water partition coefficient (Wildman–Crippen LogP) is 0.713. The van der Waals surface area contributed by atoms with Gasteiger partial charge in [-0.1, -0.05) is 11.3 Å². The van der Waals surface area contributed by atoms with Crippen molar-refractivity contribution < 1.29 is 9.90 Å². The van der Waals surface area contributed by atoms with Gasteiger partial charge in [-0.15, -0.1) is 0 Å². The Bertz CT molecular complexity index is 299. The van der Waals surface area contributed by atoms with Crippen molar-refractivity contribution in [3.8, 4) is 6.07 Å². The zero-order chi connectivity index (χ0) is 7.56. The van der Waals surface area contributed by atoms with Crippen LogP contribution in [0.4, 0.5) is 0 Å². The van der Waals surface area contributed by atoms with Gasteiger partial charge in [-0.2, -0.15) is 5.26 Å². The molecule has 10 heavy (non-hydrogen) atoms. The zero-order valence-corrected chi connectivity index (χ0v) is 5.55. The van der Waals surface area contributed by atoms with Gasteiger partial charge in [0, 0.05) is 0 Å². The summed E-state index contributed by atoms with van der Waals surface area (Å²) in [7, 11) is 0. The number of carboxylic acid groups (broad SMARTS) is 1. The Morgan fingerprint density at radius 1 is 1.90 bits per heavy atom. The van der Waals surface area contributed by atoms with Crippen molar-refractivity contribution in [3.63, 3.8) is 0 Å². The molecule has 1 rings (SSSR count). The lowest BCUT2D eigenvalue weighted by Crippen LogP contribution is -1.89. The molecule has 4 nitrogen and oxygen atoms in total. The Morgan fingerprint density at radius 3 is 2.90 bits per heavy atom. The summed E-state index contributed by atoms with van der Waals surface area (Å²) in [5, 5.41) is 16.8. The van der Waals surface area contributed by atoms with Crippen molar-refractivity contribution in [2.75, 3.05) is 0 Å². The number of rotatable bonds is 1. The maximum absolute atomic E-state index is 10.2. The smallest absolute Gasteiger partial charge is 0.347 e. The van der Waals surface area contributed by atoms with Crippen LogP contribution in [-0.4, -0.2) is 16.1 Å². The molecule has 0 aliphatic heterocycles. The SMILES string of the molecule is N#Cc1ncc(C(=O)O)s1. The first-order valence-corrected chi connectivity index (χ1v) is 3.15. The lowest BCUT2D eigenvalue weighted by Gasteiger charge is -1.77. The first kappa shape index (κ1) is 6.71. The largest absolute Gasteiger partial charge is 0.477 e. The highest BCUT2D eigenvalue weighted by Gasteiger charge is 2.06. The van der Waals surface area contributed by atoms with Crippen LogP contribution in [0, 0.1) is 11.3 Å². The van der Waals surface area contributed by atoms with Crippen molar-refractivity contribution in [3.05, 3.63) is 16.1 Å². The second-order valence-corrected chi connectivity index (χ2v) is 2.48. The summed E-state index contributed by atoms with van der Waals surface area (Å²) >= 11 is 0.869. The molecule has 0 bridgehead atoms. The van der Waals surface area contributed by atoms with E-state index in [0.29, 0.717) is 0 Å². The van der Waals surface area contributed by atoms with Crippen molar-refractivity contribution in [1.29, 1.82) is 5.26 Å². The van der Waals surface area contributed by atoms with Crippen molar-refractivity contribution in [1.82, 2.24) is 4.98 Å². The van der Waals surface area contributed by atoms with Gasteiger partial charge in [-0.05, 0) is 0 Å². The van der Waals surface area contributed by atoms with Crippen LogP contribution < -0.4 is 0 Å². The molecule has 0 atom stereocenters. The first-order chi connectivity index (χ1) is 4.74. The van der Waals surface area contributed by atoms with E-state index in [2.05, 4.69) is 4.98 Å². The standard InChI is InChI=1S/C5H2N2O2S/c6-1-4-7-2-3(10-4)5(8)9/h2H,(H,8,9). The molecule has 0 unspecified atom stereocenters. The first-order valence-electron chi connectivity index (χ1n) is 2.33. The van der Waals surface area contributed by atoms with E-state index >= 15 is 0 Å². The molecule has 0 aliphatic rings. The fraction of sp³-hybridized carbons (Fsp3) is 0. The van der Waals surface area contributed by atoms with Gasteiger partial charge in [0.05, 0.1) is 6.20 Å². The number of carboxylic acids is 1. The third-order valence-electron chi connectivity index (χ3n) is 0.812. The third kappa shape index (κ3) is 1.11. The summed E-state index contributed by atoms with van der Waals surface area (Å²) in [6.45, 7) is 0. The van der Waals surface area contributed by atoms with E-state index in [1.807, 2.05) is 0 Å². The highest BCUT2D eigenvalue weighted by atomic mass is 32.1. The number of hydrogen-bond donors (Lipinski definition) is 1. The number of aromatic carboxylic acids is 1. The summed E-state index contributed by atoms with van der Waals surface area (Å²) in [6.07, 6.45) is 1.17. The van der Waals surface area contributed by atoms with Gasteiger partial charge in [0.25, 0.3) is 0 Å². The van der Waals surface area contributed by atoms with Crippen LogP contribution in [-0.2, 0) is 0 Å².